The van der Waals surface area contributed by atoms with Gasteiger partial charge >= 0.3 is 17.9 Å². The van der Waals surface area contributed by atoms with Crippen molar-refractivity contribution < 1.29 is 28.6 Å². The van der Waals surface area contributed by atoms with Crippen LogP contribution in [0.4, 0.5) is 0 Å². The van der Waals surface area contributed by atoms with Crippen molar-refractivity contribution in [3.8, 4) is 0 Å². The Labute approximate surface area is 407 Å². The molecular formula is C60H102O6. The Hall–Kier alpha value is -3.41. The summed E-state index contributed by atoms with van der Waals surface area (Å²) in [4.78, 5) is 38.1. The molecule has 6 nitrogen and oxygen atoms in total. The molecule has 0 radical (unpaired) electrons. The average Bonchev–Trinajstić information content (AvgIpc) is 3.31. The van der Waals surface area contributed by atoms with E-state index in [4.69, 9.17) is 14.2 Å². The SMILES string of the molecule is CC/C=C\C/C=C\C/C=C\C/C=C\CCCCCC(=O)OC(COC(=O)CCCCC/C=C\CCCCCCCCC)COC(=O)CCCCCCC/C=C\C=C/CCCCCCCCC. The number of esters is 3. The molecule has 0 aliphatic rings. The van der Waals surface area contributed by atoms with E-state index < -0.39 is 6.10 Å². The molecule has 1 unspecified atom stereocenters. The van der Waals surface area contributed by atoms with Crippen LogP contribution in [0.25, 0.3) is 0 Å². The van der Waals surface area contributed by atoms with Gasteiger partial charge in [0.05, 0.1) is 0 Å². The number of hydrogen-bond donors (Lipinski definition) is 0. The van der Waals surface area contributed by atoms with Gasteiger partial charge in [0, 0.05) is 19.3 Å². The van der Waals surface area contributed by atoms with E-state index in [1.54, 1.807) is 0 Å². The predicted octanol–water partition coefficient (Wildman–Crippen LogP) is 18.4. The van der Waals surface area contributed by atoms with Gasteiger partial charge in [-0.05, 0) is 109 Å². The van der Waals surface area contributed by atoms with Crippen LogP contribution < -0.4 is 0 Å². The predicted molar refractivity (Wildman–Crippen MR) is 284 cm³/mol. The normalized spacial score (nSPS) is 12.7. The lowest BCUT2D eigenvalue weighted by Gasteiger charge is -2.18. The van der Waals surface area contributed by atoms with Crippen LogP contribution in [-0.4, -0.2) is 37.2 Å². The molecule has 0 aliphatic heterocycles. The molecule has 0 heterocycles. The highest BCUT2D eigenvalue weighted by Crippen LogP contribution is 2.13. The third-order valence-electron chi connectivity index (χ3n) is 11.6. The number of rotatable bonds is 49. The highest BCUT2D eigenvalue weighted by Gasteiger charge is 2.19. The van der Waals surface area contributed by atoms with E-state index in [-0.39, 0.29) is 37.5 Å². The van der Waals surface area contributed by atoms with Crippen LogP contribution in [0.15, 0.2) is 85.1 Å². The quantitative estimate of drug-likeness (QED) is 0.0199. The van der Waals surface area contributed by atoms with Gasteiger partial charge in [0.15, 0.2) is 6.10 Å². The molecule has 0 aromatic carbocycles. The van der Waals surface area contributed by atoms with Gasteiger partial charge in [0.2, 0.25) is 0 Å². The summed E-state index contributed by atoms with van der Waals surface area (Å²) >= 11 is 0. The zero-order valence-corrected chi connectivity index (χ0v) is 43.2. The first-order chi connectivity index (χ1) is 32.5. The first kappa shape index (κ1) is 62.6. The van der Waals surface area contributed by atoms with E-state index in [0.717, 1.165) is 122 Å². The van der Waals surface area contributed by atoms with Gasteiger partial charge in [-0.25, -0.2) is 0 Å². The van der Waals surface area contributed by atoms with E-state index >= 15 is 0 Å². The van der Waals surface area contributed by atoms with Crippen LogP contribution in [0.2, 0.25) is 0 Å². The zero-order valence-electron chi connectivity index (χ0n) is 43.2. The van der Waals surface area contributed by atoms with Gasteiger partial charge in [0.1, 0.15) is 13.2 Å². The van der Waals surface area contributed by atoms with Gasteiger partial charge in [-0.15, -0.1) is 0 Å². The van der Waals surface area contributed by atoms with Gasteiger partial charge in [0.25, 0.3) is 0 Å². The molecule has 0 aliphatic carbocycles. The van der Waals surface area contributed by atoms with Crippen LogP contribution in [0.1, 0.15) is 258 Å². The average molecular weight is 919 g/mol. The van der Waals surface area contributed by atoms with Gasteiger partial charge in [-0.2, -0.15) is 0 Å². The highest BCUT2D eigenvalue weighted by molar-refractivity contribution is 5.71. The summed E-state index contributed by atoms with van der Waals surface area (Å²) in [5.41, 5.74) is 0. The van der Waals surface area contributed by atoms with Crippen LogP contribution in [0, 0.1) is 0 Å². The van der Waals surface area contributed by atoms with E-state index in [2.05, 4.69) is 106 Å². The van der Waals surface area contributed by atoms with E-state index in [0.29, 0.717) is 12.8 Å². The van der Waals surface area contributed by atoms with Crippen molar-refractivity contribution in [2.45, 2.75) is 264 Å². The molecule has 0 aromatic rings. The third kappa shape index (κ3) is 51.6. The summed E-state index contributed by atoms with van der Waals surface area (Å²) in [5, 5.41) is 0. The first-order valence-electron chi connectivity index (χ1n) is 27.6. The molecule has 66 heavy (non-hydrogen) atoms. The summed E-state index contributed by atoms with van der Waals surface area (Å²) in [7, 11) is 0. The lowest BCUT2D eigenvalue weighted by molar-refractivity contribution is -0.167. The monoisotopic (exact) mass is 919 g/mol. The molecule has 6 heteroatoms. The molecule has 378 valence electrons. The Balaban J connectivity index is 4.48. The fourth-order valence-corrected chi connectivity index (χ4v) is 7.48. The molecule has 0 bridgehead atoms. The highest BCUT2D eigenvalue weighted by atomic mass is 16.6. The fraction of sp³-hybridized carbons (Fsp3) is 0.717. The molecule has 0 saturated heterocycles. The smallest absolute Gasteiger partial charge is 0.306 e. The number of ether oxygens (including phenoxy) is 3. The lowest BCUT2D eigenvalue weighted by Crippen LogP contribution is -2.30. The Bertz CT molecular complexity index is 1290. The van der Waals surface area contributed by atoms with Gasteiger partial charge < -0.3 is 14.2 Å². The Morgan fingerprint density at radius 2 is 0.636 bits per heavy atom. The van der Waals surface area contributed by atoms with E-state index in [1.165, 1.54) is 96.3 Å². The van der Waals surface area contributed by atoms with Crippen molar-refractivity contribution in [3.63, 3.8) is 0 Å². The molecule has 0 fully saturated rings. The molecule has 0 amide bonds. The number of hydrogen-bond acceptors (Lipinski definition) is 6. The maximum absolute atomic E-state index is 12.8. The standard InChI is InChI=1S/C60H102O6/c1-4-7-10-13-16-19-22-25-28-30-31-33-35-38-41-44-47-50-53-59(62)65-56-57(55-64-58(61)52-49-46-43-40-37-34-27-24-21-18-15-12-9-6-3)66-60(63)54-51-48-45-42-39-36-32-29-26-23-20-17-14-11-8-5-2/h8,11,17,20,26,28-31,33-34,36-37,39,57H,4-7,9-10,12-16,18-19,21-25,27,32,35,38,40-56H2,1-3H3/b11-8-,20-17-,29-26-,30-28-,33-31-,37-34-,39-36-. The van der Waals surface area contributed by atoms with Crippen LogP contribution in [0.5, 0.6) is 0 Å². The second-order valence-corrected chi connectivity index (χ2v) is 18.1. The molecule has 1 atom stereocenters. The first-order valence-corrected chi connectivity index (χ1v) is 27.6. The Morgan fingerprint density at radius 1 is 0.333 bits per heavy atom. The third-order valence-corrected chi connectivity index (χ3v) is 11.6. The van der Waals surface area contributed by atoms with Gasteiger partial charge in [-0.1, -0.05) is 215 Å². The molecule has 0 saturated carbocycles. The van der Waals surface area contributed by atoms with Crippen molar-refractivity contribution in [1.82, 2.24) is 0 Å². The van der Waals surface area contributed by atoms with Crippen LogP contribution in [-0.2, 0) is 28.6 Å². The summed E-state index contributed by atoms with van der Waals surface area (Å²) in [6.07, 6.45) is 70.0. The molecule has 0 aromatic heterocycles. The number of allylic oxidation sites excluding steroid dienone is 14. The van der Waals surface area contributed by atoms with Crippen molar-refractivity contribution in [2.24, 2.45) is 0 Å². The summed E-state index contributed by atoms with van der Waals surface area (Å²) in [6.45, 7) is 6.47. The zero-order chi connectivity index (χ0) is 47.9. The second-order valence-electron chi connectivity index (χ2n) is 18.1. The number of carbonyl (C=O) groups is 3. The lowest BCUT2D eigenvalue weighted by atomic mass is 10.1. The maximum Gasteiger partial charge on any atom is 0.306 e. The topological polar surface area (TPSA) is 78.9 Å². The van der Waals surface area contributed by atoms with Crippen molar-refractivity contribution in [1.29, 1.82) is 0 Å². The Morgan fingerprint density at radius 3 is 1.05 bits per heavy atom. The summed E-state index contributed by atoms with van der Waals surface area (Å²) in [6, 6.07) is 0. The second kappa shape index (κ2) is 54.2. The summed E-state index contributed by atoms with van der Waals surface area (Å²) in [5.74, 6) is -0.961. The van der Waals surface area contributed by atoms with Crippen LogP contribution in [0.3, 0.4) is 0 Å². The van der Waals surface area contributed by atoms with Crippen LogP contribution >= 0.6 is 0 Å². The minimum Gasteiger partial charge on any atom is -0.462 e. The fourth-order valence-electron chi connectivity index (χ4n) is 7.48. The minimum atomic E-state index is -0.806. The van der Waals surface area contributed by atoms with Crippen molar-refractivity contribution >= 4 is 17.9 Å². The van der Waals surface area contributed by atoms with Crippen molar-refractivity contribution in [2.75, 3.05) is 13.2 Å². The molecule has 0 N–H and O–H groups in total. The van der Waals surface area contributed by atoms with Gasteiger partial charge in [-0.3, -0.25) is 14.4 Å². The molecular weight excluding hydrogens is 817 g/mol. The summed E-state index contributed by atoms with van der Waals surface area (Å²) < 4.78 is 16.8. The number of carbonyl (C=O) groups excluding carboxylic acids is 3. The van der Waals surface area contributed by atoms with Crippen molar-refractivity contribution in [3.05, 3.63) is 85.1 Å². The molecule has 0 rings (SSSR count). The van der Waals surface area contributed by atoms with E-state index in [1.807, 2.05) is 0 Å². The largest absolute Gasteiger partial charge is 0.462 e. The van der Waals surface area contributed by atoms with E-state index in [9.17, 15) is 14.4 Å². The Kier molecular flexibility index (Phi) is 51.4. The maximum atomic E-state index is 12.8. The molecule has 0 spiro atoms. The number of unbranched alkanes of at least 4 members (excludes halogenated alkanes) is 25. The minimum absolute atomic E-state index is 0.102.